The van der Waals surface area contributed by atoms with Gasteiger partial charge in [-0.05, 0) is 36.6 Å². The highest BCUT2D eigenvalue weighted by atomic mass is 16.1. The monoisotopic (exact) mass is 352 g/mol. The zero-order valence-electron chi connectivity index (χ0n) is 15.8. The van der Waals surface area contributed by atoms with Crippen LogP contribution in [0.5, 0.6) is 0 Å². The van der Waals surface area contributed by atoms with Gasteiger partial charge in [-0.15, -0.1) is 0 Å². The van der Waals surface area contributed by atoms with Crippen molar-refractivity contribution in [3.63, 3.8) is 0 Å². The second kappa shape index (κ2) is 10.2. The molecule has 0 fully saturated rings. The first kappa shape index (κ1) is 19.5. The molecule has 0 saturated heterocycles. The van der Waals surface area contributed by atoms with E-state index in [0.717, 1.165) is 31.0 Å². The smallest absolute Gasteiger partial charge is 0.251 e. The molecule has 2 rings (SSSR count). The van der Waals surface area contributed by atoms with Crippen molar-refractivity contribution < 1.29 is 4.79 Å². The Balaban J connectivity index is 1.99. The fourth-order valence-electron chi connectivity index (χ4n) is 2.71. The van der Waals surface area contributed by atoms with Gasteiger partial charge in [-0.2, -0.15) is 0 Å². The number of amides is 1. The Kier molecular flexibility index (Phi) is 7.68. The summed E-state index contributed by atoms with van der Waals surface area (Å²) in [5, 5.41) is 5.99. The molecule has 0 aromatic heterocycles. The Labute approximate surface area is 156 Å². The van der Waals surface area contributed by atoms with Crippen LogP contribution in [0.25, 0.3) is 0 Å². The van der Waals surface area contributed by atoms with Gasteiger partial charge in [0.05, 0.1) is 0 Å². The third kappa shape index (κ3) is 5.92. The number of nitrogens with one attached hydrogen (secondary N) is 2. The molecule has 2 aromatic rings. The van der Waals surface area contributed by atoms with Crippen LogP contribution in [0.4, 0.5) is 0 Å². The van der Waals surface area contributed by atoms with Gasteiger partial charge in [0, 0.05) is 39.3 Å². The molecule has 0 bridgehead atoms. The minimum Gasteiger partial charge on any atom is -0.357 e. The van der Waals surface area contributed by atoms with Gasteiger partial charge >= 0.3 is 0 Å². The molecule has 0 saturated carbocycles. The first-order valence-electron chi connectivity index (χ1n) is 8.98. The van der Waals surface area contributed by atoms with E-state index in [9.17, 15) is 4.79 Å². The van der Waals surface area contributed by atoms with Gasteiger partial charge < -0.3 is 15.5 Å². The Hall–Kier alpha value is -2.82. The summed E-state index contributed by atoms with van der Waals surface area (Å²) in [6.45, 7) is 4.36. The first-order chi connectivity index (χ1) is 12.6. The van der Waals surface area contributed by atoms with Crippen LogP contribution >= 0.6 is 0 Å². The Morgan fingerprint density at radius 2 is 1.81 bits per heavy atom. The lowest BCUT2D eigenvalue weighted by Gasteiger charge is -2.22. The minimum atomic E-state index is -0.0636. The zero-order chi connectivity index (χ0) is 18.8. The number of guanidine groups is 1. The maximum absolute atomic E-state index is 11.7. The Morgan fingerprint density at radius 3 is 2.50 bits per heavy atom. The molecule has 0 heterocycles. The van der Waals surface area contributed by atoms with Crippen molar-refractivity contribution in [3.05, 3.63) is 71.3 Å². The number of nitrogens with zero attached hydrogens (tertiary/aromatic N) is 2. The molecule has 0 radical (unpaired) electrons. The highest BCUT2D eigenvalue weighted by Gasteiger charge is 2.07. The Morgan fingerprint density at radius 1 is 1.08 bits per heavy atom. The van der Waals surface area contributed by atoms with E-state index in [4.69, 9.17) is 4.99 Å². The molecule has 2 aromatic carbocycles. The summed E-state index contributed by atoms with van der Waals surface area (Å²) < 4.78 is 0. The summed E-state index contributed by atoms with van der Waals surface area (Å²) in [6, 6.07) is 18.0. The predicted octanol–water partition coefficient (Wildman–Crippen LogP) is 2.69. The second-order valence-electron chi connectivity index (χ2n) is 6.11. The predicted molar refractivity (Wildman–Crippen MR) is 107 cm³/mol. The molecule has 5 heteroatoms. The third-order valence-corrected chi connectivity index (χ3v) is 4.04. The largest absolute Gasteiger partial charge is 0.357 e. The van der Waals surface area contributed by atoms with Gasteiger partial charge in [-0.3, -0.25) is 9.79 Å². The lowest BCUT2D eigenvalue weighted by Crippen LogP contribution is -2.38. The molecule has 0 spiro atoms. The van der Waals surface area contributed by atoms with Crippen LogP contribution in [-0.4, -0.2) is 44.0 Å². The van der Waals surface area contributed by atoms with Crippen LogP contribution in [0.3, 0.4) is 0 Å². The van der Waals surface area contributed by atoms with Crippen molar-refractivity contribution >= 4 is 11.9 Å². The molecule has 0 aliphatic carbocycles. The van der Waals surface area contributed by atoms with E-state index < -0.39 is 0 Å². The summed E-state index contributed by atoms with van der Waals surface area (Å²) in [5.74, 6) is 0.824. The topological polar surface area (TPSA) is 56.7 Å². The highest BCUT2D eigenvalue weighted by Crippen LogP contribution is 2.07. The number of aliphatic imine (C=N–C) groups is 1. The summed E-state index contributed by atoms with van der Waals surface area (Å²) in [7, 11) is 3.69. The van der Waals surface area contributed by atoms with Crippen molar-refractivity contribution in [2.24, 2.45) is 4.99 Å². The van der Waals surface area contributed by atoms with E-state index in [1.165, 1.54) is 5.56 Å². The second-order valence-corrected chi connectivity index (χ2v) is 6.11. The minimum absolute atomic E-state index is 0.0636. The van der Waals surface area contributed by atoms with E-state index >= 15 is 0 Å². The van der Waals surface area contributed by atoms with Crippen LogP contribution in [0, 0.1) is 0 Å². The van der Waals surface area contributed by atoms with Crippen molar-refractivity contribution in [2.45, 2.75) is 19.9 Å². The van der Waals surface area contributed by atoms with Crippen LogP contribution in [0.2, 0.25) is 0 Å². The number of hydrogen-bond donors (Lipinski definition) is 2. The summed E-state index contributed by atoms with van der Waals surface area (Å²) in [4.78, 5) is 18.6. The Bertz CT molecular complexity index is 728. The van der Waals surface area contributed by atoms with Crippen molar-refractivity contribution in [1.82, 2.24) is 15.5 Å². The van der Waals surface area contributed by atoms with Crippen LogP contribution in [0.1, 0.15) is 28.4 Å². The molecular formula is C21H28N4O. The lowest BCUT2D eigenvalue weighted by atomic mass is 10.1. The molecule has 0 aliphatic heterocycles. The number of carbonyl (C=O) groups excluding carboxylic acids is 1. The first-order valence-corrected chi connectivity index (χ1v) is 8.98. The molecule has 138 valence electrons. The molecule has 5 nitrogen and oxygen atoms in total. The summed E-state index contributed by atoms with van der Waals surface area (Å²) >= 11 is 0. The van der Waals surface area contributed by atoms with Gasteiger partial charge in [-0.25, -0.2) is 0 Å². The van der Waals surface area contributed by atoms with Crippen molar-refractivity contribution in [2.75, 3.05) is 27.2 Å². The van der Waals surface area contributed by atoms with Gasteiger partial charge in [0.25, 0.3) is 5.91 Å². The van der Waals surface area contributed by atoms with E-state index in [-0.39, 0.29) is 5.91 Å². The van der Waals surface area contributed by atoms with Crippen LogP contribution in [0.15, 0.2) is 59.6 Å². The van der Waals surface area contributed by atoms with Crippen molar-refractivity contribution in [1.29, 1.82) is 0 Å². The molecule has 2 N–H and O–H groups in total. The average Bonchev–Trinajstić information content (AvgIpc) is 2.67. The average molecular weight is 352 g/mol. The SMILES string of the molecule is CCNC(=NCCc1cccc(C(=O)NC)c1)N(C)Cc1ccccc1. The molecule has 26 heavy (non-hydrogen) atoms. The molecule has 0 atom stereocenters. The molecule has 1 amide bonds. The quantitative estimate of drug-likeness (QED) is 0.595. The zero-order valence-corrected chi connectivity index (χ0v) is 15.8. The van der Waals surface area contributed by atoms with Gasteiger partial charge in [0.1, 0.15) is 0 Å². The maximum Gasteiger partial charge on any atom is 0.251 e. The molecular weight excluding hydrogens is 324 g/mol. The van der Waals surface area contributed by atoms with E-state index in [2.05, 4.69) is 34.6 Å². The number of benzene rings is 2. The molecule has 0 aliphatic rings. The summed E-state index contributed by atoms with van der Waals surface area (Å²) in [6.07, 6.45) is 0.791. The van der Waals surface area contributed by atoms with E-state index in [1.54, 1.807) is 7.05 Å². The van der Waals surface area contributed by atoms with Gasteiger partial charge in [-0.1, -0.05) is 42.5 Å². The number of carbonyl (C=O) groups is 1. The maximum atomic E-state index is 11.7. The van der Waals surface area contributed by atoms with Gasteiger partial charge in [0.15, 0.2) is 5.96 Å². The van der Waals surface area contributed by atoms with Crippen LogP contribution in [-0.2, 0) is 13.0 Å². The summed E-state index contributed by atoms with van der Waals surface area (Å²) in [5.41, 5.74) is 3.04. The normalized spacial score (nSPS) is 11.1. The fraction of sp³-hybridized carbons (Fsp3) is 0.333. The number of hydrogen-bond acceptors (Lipinski definition) is 2. The lowest BCUT2D eigenvalue weighted by molar-refractivity contribution is 0.0963. The highest BCUT2D eigenvalue weighted by molar-refractivity contribution is 5.94. The molecule has 0 unspecified atom stereocenters. The van der Waals surface area contributed by atoms with Crippen molar-refractivity contribution in [3.8, 4) is 0 Å². The third-order valence-electron chi connectivity index (χ3n) is 4.04. The van der Waals surface area contributed by atoms with Gasteiger partial charge in [0.2, 0.25) is 0 Å². The fourth-order valence-corrected chi connectivity index (χ4v) is 2.71. The van der Waals surface area contributed by atoms with Crippen LogP contribution < -0.4 is 10.6 Å². The standard InChI is InChI=1S/C21H28N4O/c1-4-23-21(25(3)16-18-9-6-5-7-10-18)24-14-13-17-11-8-12-19(15-17)20(26)22-2/h5-12,15H,4,13-14,16H2,1-3H3,(H,22,26)(H,23,24). The number of rotatable bonds is 7. The van der Waals surface area contributed by atoms with E-state index in [1.807, 2.05) is 49.5 Å². The van der Waals surface area contributed by atoms with E-state index in [0.29, 0.717) is 12.1 Å².